The van der Waals surface area contributed by atoms with Crippen molar-refractivity contribution in [3.63, 3.8) is 0 Å². The van der Waals surface area contributed by atoms with E-state index in [0.717, 1.165) is 16.9 Å². The number of fused-ring (bicyclic) bond motifs is 1. The Morgan fingerprint density at radius 2 is 2.18 bits per heavy atom. The minimum atomic E-state index is -0.702. The molecule has 2 aromatic heterocycles. The average Bonchev–Trinajstić information content (AvgIpc) is 2.69. The summed E-state index contributed by atoms with van der Waals surface area (Å²) in [6.07, 6.45) is 1.56. The van der Waals surface area contributed by atoms with Crippen molar-refractivity contribution in [1.82, 2.24) is 19.9 Å². The molecule has 0 radical (unpaired) electrons. The van der Waals surface area contributed by atoms with Gasteiger partial charge >= 0.3 is 0 Å². The molecule has 0 aliphatic heterocycles. The lowest BCUT2D eigenvalue weighted by molar-refractivity contribution is 0.0793. The second-order valence-electron chi connectivity index (χ2n) is 4.92. The summed E-state index contributed by atoms with van der Waals surface area (Å²) in [4.78, 5) is 4.21. The lowest BCUT2D eigenvalue weighted by atomic mass is 10.1. The van der Waals surface area contributed by atoms with Crippen molar-refractivity contribution in [2.24, 2.45) is 0 Å². The van der Waals surface area contributed by atoms with E-state index in [2.05, 4.69) is 15.4 Å². The molecular formula is C12H18N4O. The molecule has 0 atom stereocenters. The molecule has 0 unspecified atom stereocenters. The van der Waals surface area contributed by atoms with Gasteiger partial charge in [0.05, 0.1) is 11.3 Å². The average molecular weight is 234 g/mol. The number of aryl methyl sites for hydroxylation is 1. The number of nitrogens with zero attached hydrogens (tertiary/aromatic N) is 3. The van der Waals surface area contributed by atoms with Gasteiger partial charge in [-0.1, -0.05) is 6.07 Å². The molecule has 0 amide bonds. The second kappa shape index (κ2) is 4.43. The molecule has 0 aromatic carbocycles. The first kappa shape index (κ1) is 12.0. The van der Waals surface area contributed by atoms with Crippen LogP contribution >= 0.6 is 0 Å². The van der Waals surface area contributed by atoms with Gasteiger partial charge in [-0.2, -0.15) is 5.10 Å². The molecule has 0 fully saturated rings. The molecule has 17 heavy (non-hydrogen) atoms. The normalized spacial score (nSPS) is 12.2. The van der Waals surface area contributed by atoms with Crippen LogP contribution in [0.25, 0.3) is 5.65 Å². The molecule has 2 rings (SSSR count). The molecule has 0 spiro atoms. The van der Waals surface area contributed by atoms with Crippen molar-refractivity contribution in [1.29, 1.82) is 0 Å². The largest absolute Gasteiger partial charge is 0.389 e. The van der Waals surface area contributed by atoms with Gasteiger partial charge in [0.1, 0.15) is 6.33 Å². The number of rotatable bonds is 4. The van der Waals surface area contributed by atoms with Gasteiger partial charge < -0.3 is 10.4 Å². The zero-order valence-electron chi connectivity index (χ0n) is 10.4. The van der Waals surface area contributed by atoms with Crippen LogP contribution in [0.1, 0.15) is 25.1 Å². The van der Waals surface area contributed by atoms with Gasteiger partial charge in [0.15, 0.2) is 5.65 Å². The Labute approximate surface area is 100 Å². The Morgan fingerprint density at radius 3 is 2.88 bits per heavy atom. The fourth-order valence-corrected chi connectivity index (χ4v) is 1.72. The van der Waals surface area contributed by atoms with Gasteiger partial charge in [-0.3, -0.25) is 0 Å². The van der Waals surface area contributed by atoms with E-state index >= 15 is 0 Å². The van der Waals surface area contributed by atoms with E-state index in [1.807, 2.05) is 23.6 Å². The topological polar surface area (TPSA) is 62.5 Å². The Morgan fingerprint density at radius 1 is 1.41 bits per heavy atom. The lowest BCUT2D eigenvalue weighted by Crippen LogP contribution is -2.34. The van der Waals surface area contributed by atoms with Gasteiger partial charge in [0, 0.05) is 13.1 Å². The zero-order chi connectivity index (χ0) is 12.5. The number of hydrogen-bond donors (Lipinski definition) is 2. The van der Waals surface area contributed by atoms with Crippen molar-refractivity contribution < 1.29 is 5.11 Å². The van der Waals surface area contributed by atoms with Crippen molar-refractivity contribution >= 4 is 5.65 Å². The third kappa shape index (κ3) is 2.81. The molecule has 5 nitrogen and oxygen atoms in total. The van der Waals surface area contributed by atoms with E-state index in [1.165, 1.54) is 0 Å². The number of aromatic nitrogens is 3. The van der Waals surface area contributed by atoms with Gasteiger partial charge in [0.25, 0.3) is 0 Å². The highest BCUT2D eigenvalue weighted by atomic mass is 16.3. The summed E-state index contributed by atoms with van der Waals surface area (Å²) in [5, 5.41) is 17.0. The molecule has 0 saturated heterocycles. The van der Waals surface area contributed by atoms with Crippen molar-refractivity contribution in [3.8, 4) is 0 Å². The minimum absolute atomic E-state index is 0.539. The molecule has 92 valence electrons. The standard InChI is InChI=1S/C12H18N4O/c1-9-4-5-10(6-13-7-12(2,3)17)16-11(9)14-8-15-16/h4-5,8,13,17H,6-7H2,1-3H3. The van der Waals surface area contributed by atoms with E-state index in [4.69, 9.17) is 0 Å². The summed E-state index contributed by atoms with van der Waals surface area (Å²) in [7, 11) is 0. The molecule has 2 N–H and O–H groups in total. The molecule has 0 aliphatic carbocycles. The maximum atomic E-state index is 9.62. The van der Waals surface area contributed by atoms with Crippen LogP contribution in [0, 0.1) is 6.92 Å². The molecule has 5 heteroatoms. The Kier molecular flexibility index (Phi) is 3.13. The van der Waals surface area contributed by atoms with Crippen LogP contribution in [0.2, 0.25) is 0 Å². The number of hydrogen-bond acceptors (Lipinski definition) is 4. The molecular weight excluding hydrogens is 216 g/mol. The van der Waals surface area contributed by atoms with Crippen molar-refractivity contribution in [2.75, 3.05) is 6.54 Å². The van der Waals surface area contributed by atoms with Crippen LogP contribution in [0.3, 0.4) is 0 Å². The summed E-state index contributed by atoms with van der Waals surface area (Å²) in [6, 6.07) is 4.06. The van der Waals surface area contributed by atoms with Gasteiger partial charge in [-0.25, -0.2) is 9.50 Å². The maximum absolute atomic E-state index is 9.62. The van der Waals surface area contributed by atoms with Crippen LogP contribution in [0.4, 0.5) is 0 Å². The summed E-state index contributed by atoms with van der Waals surface area (Å²) < 4.78 is 1.83. The minimum Gasteiger partial charge on any atom is -0.389 e. The van der Waals surface area contributed by atoms with Crippen LogP contribution in [0.5, 0.6) is 0 Å². The number of aliphatic hydroxyl groups is 1. The fraction of sp³-hybridized carbons (Fsp3) is 0.500. The summed E-state index contributed by atoms with van der Waals surface area (Å²) in [6.45, 7) is 6.76. The van der Waals surface area contributed by atoms with E-state index in [-0.39, 0.29) is 0 Å². The first-order chi connectivity index (χ1) is 7.97. The fourth-order valence-electron chi connectivity index (χ4n) is 1.72. The van der Waals surface area contributed by atoms with E-state index in [0.29, 0.717) is 13.1 Å². The molecule has 2 aromatic rings. The predicted molar refractivity (Wildman–Crippen MR) is 65.7 cm³/mol. The Balaban J connectivity index is 2.14. The highest BCUT2D eigenvalue weighted by Crippen LogP contribution is 2.09. The SMILES string of the molecule is Cc1ccc(CNCC(C)(C)O)n2ncnc12. The highest BCUT2D eigenvalue weighted by molar-refractivity contribution is 5.46. The predicted octanol–water partition coefficient (Wildman–Crippen LogP) is 0.898. The summed E-state index contributed by atoms with van der Waals surface area (Å²) in [5.41, 5.74) is 2.32. The van der Waals surface area contributed by atoms with Gasteiger partial charge in [-0.15, -0.1) is 0 Å². The molecule has 0 bridgehead atoms. The number of pyridine rings is 1. The molecule has 0 aliphatic rings. The van der Waals surface area contributed by atoms with Crippen LogP contribution in [0.15, 0.2) is 18.5 Å². The van der Waals surface area contributed by atoms with Crippen LogP contribution < -0.4 is 5.32 Å². The third-order valence-electron chi connectivity index (χ3n) is 2.56. The Bertz CT molecular complexity index is 513. The first-order valence-electron chi connectivity index (χ1n) is 5.69. The molecule has 0 saturated carbocycles. The van der Waals surface area contributed by atoms with Crippen molar-refractivity contribution in [3.05, 3.63) is 29.7 Å². The third-order valence-corrected chi connectivity index (χ3v) is 2.56. The quantitative estimate of drug-likeness (QED) is 0.825. The number of nitrogens with one attached hydrogen (secondary N) is 1. The highest BCUT2D eigenvalue weighted by Gasteiger charge is 2.12. The smallest absolute Gasteiger partial charge is 0.158 e. The van der Waals surface area contributed by atoms with Crippen LogP contribution in [-0.2, 0) is 6.54 Å². The first-order valence-corrected chi connectivity index (χ1v) is 5.69. The van der Waals surface area contributed by atoms with E-state index < -0.39 is 5.60 Å². The summed E-state index contributed by atoms with van der Waals surface area (Å²) >= 11 is 0. The summed E-state index contributed by atoms with van der Waals surface area (Å²) in [5.74, 6) is 0. The van der Waals surface area contributed by atoms with Gasteiger partial charge in [-0.05, 0) is 32.4 Å². The maximum Gasteiger partial charge on any atom is 0.158 e. The second-order valence-corrected chi connectivity index (χ2v) is 4.92. The monoisotopic (exact) mass is 234 g/mol. The van der Waals surface area contributed by atoms with Crippen molar-refractivity contribution in [2.45, 2.75) is 32.9 Å². The van der Waals surface area contributed by atoms with E-state index in [9.17, 15) is 5.11 Å². The van der Waals surface area contributed by atoms with E-state index in [1.54, 1.807) is 20.2 Å². The Hall–Kier alpha value is -1.46. The van der Waals surface area contributed by atoms with Crippen LogP contribution in [-0.4, -0.2) is 31.9 Å². The lowest BCUT2D eigenvalue weighted by Gasteiger charge is -2.17. The molecule has 2 heterocycles. The zero-order valence-corrected chi connectivity index (χ0v) is 10.4. The van der Waals surface area contributed by atoms with Gasteiger partial charge in [0.2, 0.25) is 0 Å².